The Hall–Kier alpha value is -2.09. The molecule has 35 heavy (non-hydrogen) atoms. The van der Waals surface area contributed by atoms with Crippen LogP contribution in [0, 0.1) is 5.92 Å². The molecule has 0 amide bonds. The predicted octanol–water partition coefficient (Wildman–Crippen LogP) is 10.4. The highest BCUT2D eigenvalue weighted by atomic mass is 16.5. The van der Waals surface area contributed by atoms with Crippen LogP contribution in [0.25, 0.3) is 11.1 Å². The molecule has 2 rings (SSSR count). The molecule has 0 aromatic heterocycles. The number of rotatable bonds is 20. The van der Waals surface area contributed by atoms with Crippen LogP contribution >= 0.6 is 0 Å². The number of benzene rings is 2. The average Bonchev–Trinajstić information content (AvgIpc) is 2.90. The molecule has 2 nitrogen and oxygen atoms in total. The summed E-state index contributed by atoms with van der Waals surface area (Å²) in [6.45, 7) is 5.10. The van der Waals surface area contributed by atoms with Crippen LogP contribution in [0.2, 0.25) is 0 Å². The molecule has 0 spiro atoms. The summed E-state index contributed by atoms with van der Waals surface area (Å²) in [5.74, 6) is 0.308. The Kier molecular flexibility index (Phi) is 15.9. The van der Waals surface area contributed by atoms with Crippen molar-refractivity contribution in [2.45, 2.75) is 117 Å². The quantitative estimate of drug-likeness (QED) is 0.140. The molecule has 0 saturated carbocycles. The lowest BCUT2D eigenvalue weighted by molar-refractivity contribution is 0.0422. The van der Waals surface area contributed by atoms with Crippen molar-refractivity contribution < 1.29 is 9.53 Å². The summed E-state index contributed by atoms with van der Waals surface area (Å²) in [7, 11) is 0. The maximum Gasteiger partial charge on any atom is 0.338 e. The number of ether oxygens (including phenoxy) is 1. The highest BCUT2D eigenvalue weighted by Crippen LogP contribution is 2.22. The third-order valence-electron chi connectivity index (χ3n) is 7.11. The lowest BCUT2D eigenvalue weighted by Crippen LogP contribution is -2.15. The van der Waals surface area contributed by atoms with Crippen molar-refractivity contribution in [1.82, 2.24) is 0 Å². The largest absolute Gasteiger partial charge is 0.462 e. The molecule has 2 aromatic carbocycles. The van der Waals surface area contributed by atoms with Gasteiger partial charge < -0.3 is 4.74 Å². The summed E-state index contributed by atoms with van der Waals surface area (Å²) in [5, 5.41) is 0. The van der Waals surface area contributed by atoms with E-state index in [2.05, 4.69) is 26.0 Å². The smallest absolute Gasteiger partial charge is 0.338 e. The van der Waals surface area contributed by atoms with Crippen LogP contribution in [0.5, 0.6) is 0 Å². The van der Waals surface area contributed by atoms with Gasteiger partial charge in [0.1, 0.15) is 0 Å². The van der Waals surface area contributed by atoms with Crippen molar-refractivity contribution >= 4 is 5.97 Å². The third-order valence-corrected chi connectivity index (χ3v) is 7.11. The first-order valence-corrected chi connectivity index (χ1v) is 14.6. The zero-order chi connectivity index (χ0) is 25.0. The second-order valence-electron chi connectivity index (χ2n) is 10.2. The van der Waals surface area contributed by atoms with Crippen LogP contribution in [0.3, 0.4) is 0 Å². The Balaban J connectivity index is 1.76. The number of esters is 1. The molecule has 0 aliphatic rings. The summed E-state index contributed by atoms with van der Waals surface area (Å²) in [6.07, 6.45) is 21.0. The Bertz CT molecular complexity index is 765. The van der Waals surface area contributed by atoms with Crippen LogP contribution in [0.15, 0.2) is 54.6 Å². The van der Waals surface area contributed by atoms with Gasteiger partial charge in [0.25, 0.3) is 0 Å². The second kappa shape index (κ2) is 19.1. The van der Waals surface area contributed by atoms with Crippen molar-refractivity contribution in [3.8, 4) is 11.1 Å². The maximum atomic E-state index is 12.7. The molecule has 194 valence electrons. The average molecular weight is 479 g/mol. The molecule has 0 aliphatic heterocycles. The number of carbonyl (C=O) groups is 1. The van der Waals surface area contributed by atoms with Gasteiger partial charge in [0.05, 0.1) is 12.2 Å². The van der Waals surface area contributed by atoms with E-state index in [-0.39, 0.29) is 5.97 Å². The molecule has 0 aliphatic carbocycles. The van der Waals surface area contributed by atoms with Gasteiger partial charge in [-0.2, -0.15) is 0 Å². The zero-order valence-electron chi connectivity index (χ0n) is 22.6. The monoisotopic (exact) mass is 478 g/mol. The van der Waals surface area contributed by atoms with Gasteiger partial charge in [-0.1, -0.05) is 146 Å². The maximum absolute atomic E-state index is 12.7. The van der Waals surface area contributed by atoms with Crippen LogP contribution in [-0.4, -0.2) is 12.6 Å². The Labute approximate surface area is 215 Å². The van der Waals surface area contributed by atoms with Crippen LogP contribution in [-0.2, 0) is 4.74 Å². The summed E-state index contributed by atoms with van der Waals surface area (Å²) in [5.41, 5.74) is 2.93. The van der Waals surface area contributed by atoms with Crippen LogP contribution in [0.4, 0.5) is 0 Å². The minimum atomic E-state index is -0.187. The highest BCUT2D eigenvalue weighted by molar-refractivity contribution is 5.90. The van der Waals surface area contributed by atoms with Gasteiger partial charge in [-0.15, -0.1) is 0 Å². The minimum Gasteiger partial charge on any atom is -0.462 e. The number of hydrogen-bond acceptors (Lipinski definition) is 2. The van der Waals surface area contributed by atoms with Crippen molar-refractivity contribution in [3.63, 3.8) is 0 Å². The van der Waals surface area contributed by atoms with Gasteiger partial charge in [0.2, 0.25) is 0 Å². The van der Waals surface area contributed by atoms with E-state index in [1.807, 2.05) is 42.5 Å². The van der Waals surface area contributed by atoms with E-state index in [1.165, 1.54) is 103 Å². The normalized spacial score (nSPS) is 11.9. The number of unbranched alkanes of at least 4 members (excludes halogenated alkanes) is 12. The molecule has 2 heteroatoms. The van der Waals surface area contributed by atoms with E-state index in [4.69, 9.17) is 4.74 Å². The van der Waals surface area contributed by atoms with Gasteiger partial charge in [-0.25, -0.2) is 4.79 Å². The van der Waals surface area contributed by atoms with Crippen molar-refractivity contribution in [2.75, 3.05) is 6.61 Å². The second-order valence-corrected chi connectivity index (χ2v) is 10.2. The highest BCUT2D eigenvalue weighted by Gasteiger charge is 2.14. The van der Waals surface area contributed by atoms with Gasteiger partial charge in [-0.3, -0.25) is 0 Å². The molecular formula is C33H50O2. The fourth-order valence-electron chi connectivity index (χ4n) is 4.80. The number of hydrogen-bond donors (Lipinski definition) is 0. The molecule has 0 fully saturated rings. The van der Waals surface area contributed by atoms with E-state index in [9.17, 15) is 4.79 Å². The van der Waals surface area contributed by atoms with Gasteiger partial charge in [-0.05, 0) is 42.0 Å². The topological polar surface area (TPSA) is 26.3 Å². The first-order valence-electron chi connectivity index (χ1n) is 14.6. The van der Waals surface area contributed by atoms with E-state index < -0.39 is 0 Å². The SMILES string of the molecule is CCCCCCCCCCC(CCCCCCCC)COC(=O)c1ccc(-c2ccccc2)cc1. The molecule has 1 unspecified atom stereocenters. The van der Waals surface area contributed by atoms with Crippen LogP contribution < -0.4 is 0 Å². The first kappa shape index (κ1) is 29.1. The van der Waals surface area contributed by atoms with Gasteiger partial charge in [0.15, 0.2) is 0 Å². The lowest BCUT2D eigenvalue weighted by Gasteiger charge is -2.17. The van der Waals surface area contributed by atoms with E-state index >= 15 is 0 Å². The van der Waals surface area contributed by atoms with Gasteiger partial charge in [0, 0.05) is 0 Å². The Morgan fingerprint density at radius 1 is 0.600 bits per heavy atom. The number of carbonyl (C=O) groups excluding carboxylic acids is 1. The summed E-state index contributed by atoms with van der Waals surface area (Å²) >= 11 is 0. The van der Waals surface area contributed by atoms with Gasteiger partial charge >= 0.3 is 5.97 Å². The van der Waals surface area contributed by atoms with E-state index in [1.54, 1.807) is 0 Å². The summed E-state index contributed by atoms with van der Waals surface area (Å²) in [6, 6.07) is 18.1. The molecule has 1 atom stereocenters. The van der Waals surface area contributed by atoms with Crippen LogP contribution in [0.1, 0.15) is 127 Å². The molecule has 0 N–H and O–H groups in total. The summed E-state index contributed by atoms with van der Waals surface area (Å²) in [4.78, 5) is 12.7. The van der Waals surface area contributed by atoms with E-state index in [0.29, 0.717) is 18.1 Å². The Morgan fingerprint density at radius 2 is 1.06 bits per heavy atom. The molecular weight excluding hydrogens is 428 g/mol. The molecule has 0 heterocycles. The molecule has 2 aromatic rings. The fourth-order valence-corrected chi connectivity index (χ4v) is 4.80. The minimum absolute atomic E-state index is 0.187. The predicted molar refractivity (Wildman–Crippen MR) is 151 cm³/mol. The molecule has 0 bridgehead atoms. The molecule has 0 saturated heterocycles. The summed E-state index contributed by atoms with van der Waals surface area (Å²) < 4.78 is 5.81. The van der Waals surface area contributed by atoms with E-state index in [0.717, 1.165) is 11.1 Å². The third kappa shape index (κ3) is 13.0. The Morgan fingerprint density at radius 3 is 1.57 bits per heavy atom. The molecule has 0 radical (unpaired) electrons. The first-order chi connectivity index (χ1) is 17.2. The van der Waals surface area contributed by atoms with Crippen molar-refractivity contribution in [2.24, 2.45) is 5.92 Å². The zero-order valence-corrected chi connectivity index (χ0v) is 22.6. The van der Waals surface area contributed by atoms with Crippen molar-refractivity contribution in [3.05, 3.63) is 60.2 Å². The lowest BCUT2D eigenvalue weighted by atomic mass is 9.94. The standard InChI is InChI=1S/C33H50O2/c1-3-5-7-9-11-12-14-17-21-29(20-16-13-10-8-6-4-2)28-35-33(34)32-26-24-31(25-27-32)30-22-18-15-19-23-30/h15,18-19,22-27,29H,3-14,16-17,20-21,28H2,1-2H3. The fraction of sp³-hybridized carbons (Fsp3) is 0.606. The van der Waals surface area contributed by atoms with Crippen molar-refractivity contribution in [1.29, 1.82) is 0 Å².